The highest BCUT2D eigenvalue weighted by atomic mass is 79.9. The predicted octanol–water partition coefficient (Wildman–Crippen LogP) is 1.21. The first-order valence-electron chi connectivity index (χ1n) is 5.50. The Morgan fingerprint density at radius 2 is 1.76 bits per heavy atom. The van der Waals surface area contributed by atoms with Gasteiger partial charge in [-0.15, -0.1) is 17.0 Å². The summed E-state index contributed by atoms with van der Waals surface area (Å²) in [5.74, 6) is 0. The number of nitrogens with zero attached hydrogens (tertiary/aromatic N) is 2. The SMILES string of the molecule is Br.CN(C)CCN(CCO)c1ccccc1N. The summed E-state index contributed by atoms with van der Waals surface area (Å²) in [6, 6.07) is 7.75. The van der Waals surface area contributed by atoms with Crippen LogP contribution in [-0.2, 0) is 0 Å². The second kappa shape index (κ2) is 8.33. The van der Waals surface area contributed by atoms with Gasteiger partial charge in [-0.1, -0.05) is 12.1 Å². The number of hydrogen-bond acceptors (Lipinski definition) is 4. The first kappa shape index (κ1) is 16.2. The lowest BCUT2D eigenvalue weighted by atomic mass is 10.2. The van der Waals surface area contributed by atoms with E-state index in [9.17, 15) is 0 Å². The van der Waals surface area contributed by atoms with Crippen LogP contribution in [0.1, 0.15) is 0 Å². The molecule has 0 saturated heterocycles. The van der Waals surface area contributed by atoms with Gasteiger partial charge >= 0.3 is 0 Å². The van der Waals surface area contributed by atoms with Crippen molar-refractivity contribution in [1.29, 1.82) is 0 Å². The van der Waals surface area contributed by atoms with E-state index in [1.807, 2.05) is 38.4 Å². The van der Waals surface area contributed by atoms with Crippen LogP contribution in [0.3, 0.4) is 0 Å². The number of likely N-dealkylation sites (N-methyl/N-ethyl adjacent to an activating group) is 1. The van der Waals surface area contributed by atoms with Crippen molar-refractivity contribution in [3.8, 4) is 0 Å². The van der Waals surface area contributed by atoms with Gasteiger partial charge in [0.05, 0.1) is 18.0 Å². The fraction of sp³-hybridized carbons (Fsp3) is 0.500. The number of aliphatic hydroxyl groups excluding tert-OH is 1. The summed E-state index contributed by atoms with van der Waals surface area (Å²) >= 11 is 0. The molecule has 0 radical (unpaired) electrons. The molecule has 0 unspecified atom stereocenters. The van der Waals surface area contributed by atoms with Crippen LogP contribution >= 0.6 is 17.0 Å². The molecule has 98 valence electrons. The molecule has 0 aliphatic rings. The van der Waals surface area contributed by atoms with Crippen LogP contribution in [0.4, 0.5) is 11.4 Å². The highest BCUT2D eigenvalue weighted by Crippen LogP contribution is 2.21. The fourth-order valence-electron chi connectivity index (χ4n) is 1.57. The van der Waals surface area contributed by atoms with E-state index in [1.165, 1.54) is 0 Å². The third-order valence-corrected chi connectivity index (χ3v) is 2.46. The maximum Gasteiger partial charge on any atom is 0.0606 e. The van der Waals surface area contributed by atoms with Crippen molar-refractivity contribution in [1.82, 2.24) is 4.90 Å². The maximum atomic E-state index is 9.06. The van der Waals surface area contributed by atoms with Gasteiger partial charge in [0, 0.05) is 19.6 Å². The van der Waals surface area contributed by atoms with Crippen LogP contribution in [0.25, 0.3) is 0 Å². The lowest BCUT2D eigenvalue weighted by Crippen LogP contribution is -2.34. The number of aliphatic hydroxyl groups is 1. The Labute approximate surface area is 114 Å². The maximum absolute atomic E-state index is 9.06. The summed E-state index contributed by atoms with van der Waals surface area (Å²) in [4.78, 5) is 4.22. The van der Waals surface area contributed by atoms with E-state index in [1.54, 1.807) is 0 Å². The summed E-state index contributed by atoms with van der Waals surface area (Å²) < 4.78 is 0. The molecule has 5 heteroatoms. The quantitative estimate of drug-likeness (QED) is 0.776. The van der Waals surface area contributed by atoms with E-state index in [4.69, 9.17) is 10.8 Å². The Morgan fingerprint density at radius 1 is 1.12 bits per heavy atom. The number of nitrogens with two attached hydrogens (primary N) is 1. The summed E-state index contributed by atoms with van der Waals surface area (Å²) in [5.41, 5.74) is 7.68. The lowest BCUT2D eigenvalue weighted by Gasteiger charge is -2.26. The van der Waals surface area contributed by atoms with Gasteiger partial charge in [0.15, 0.2) is 0 Å². The highest BCUT2D eigenvalue weighted by Gasteiger charge is 2.08. The highest BCUT2D eigenvalue weighted by molar-refractivity contribution is 8.93. The molecule has 4 nitrogen and oxygen atoms in total. The predicted molar refractivity (Wildman–Crippen MR) is 79.0 cm³/mol. The number of rotatable bonds is 6. The fourth-order valence-corrected chi connectivity index (χ4v) is 1.57. The van der Waals surface area contributed by atoms with Crippen LogP contribution in [0, 0.1) is 0 Å². The van der Waals surface area contributed by atoms with Crippen molar-refractivity contribution in [2.45, 2.75) is 0 Å². The van der Waals surface area contributed by atoms with Crippen molar-refractivity contribution in [2.75, 3.05) is 51.0 Å². The number of hydrogen-bond donors (Lipinski definition) is 2. The van der Waals surface area contributed by atoms with Crippen molar-refractivity contribution in [2.24, 2.45) is 0 Å². The zero-order chi connectivity index (χ0) is 12.0. The van der Waals surface area contributed by atoms with Crippen LogP contribution in [0.2, 0.25) is 0 Å². The van der Waals surface area contributed by atoms with Crippen LogP contribution in [-0.4, -0.2) is 50.3 Å². The molecular formula is C12H22BrN3O. The normalized spacial score (nSPS) is 10.1. The molecule has 0 aliphatic heterocycles. The first-order chi connectivity index (χ1) is 7.65. The molecular weight excluding hydrogens is 282 g/mol. The van der Waals surface area contributed by atoms with Gasteiger partial charge in [-0.3, -0.25) is 0 Å². The van der Waals surface area contributed by atoms with Gasteiger partial charge < -0.3 is 20.6 Å². The summed E-state index contributed by atoms with van der Waals surface area (Å²) in [7, 11) is 4.07. The van der Waals surface area contributed by atoms with Gasteiger partial charge in [-0.2, -0.15) is 0 Å². The molecule has 0 spiro atoms. The Bertz CT molecular complexity index is 320. The van der Waals surface area contributed by atoms with Crippen molar-refractivity contribution >= 4 is 28.4 Å². The zero-order valence-electron chi connectivity index (χ0n) is 10.5. The van der Waals surface area contributed by atoms with Gasteiger partial charge in [0.25, 0.3) is 0 Å². The standard InChI is InChI=1S/C12H21N3O.BrH/c1-14(2)7-8-15(9-10-16)12-6-4-3-5-11(12)13;/h3-6,16H,7-10,13H2,1-2H3;1H. The Kier molecular flexibility index (Phi) is 7.95. The van der Waals surface area contributed by atoms with E-state index < -0.39 is 0 Å². The van der Waals surface area contributed by atoms with Crippen LogP contribution < -0.4 is 10.6 Å². The monoisotopic (exact) mass is 303 g/mol. The molecule has 3 N–H and O–H groups in total. The van der Waals surface area contributed by atoms with Crippen LogP contribution in [0.15, 0.2) is 24.3 Å². The molecule has 0 aromatic heterocycles. The molecule has 0 saturated carbocycles. The molecule has 0 bridgehead atoms. The number of para-hydroxylation sites is 2. The largest absolute Gasteiger partial charge is 0.397 e. The molecule has 0 fully saturated rings. The summed E-state index contributed by atoms with van der Waals surface area (Å²) in [5, 5.41) is 9.06. The van der Waals surface area contributed by atoms with Crippen LogP contribution in [0.5, 0.6) is 0 Å². The minimum Gasteiger partial charge on any atom is -0.397 e. The topological polar surface area (TPSA) is 52.7 Å². The minimum absolute atomic E-state index is 0. The second-order valence-electron chi connectivity index (χ2n) is 4.07. The molecule has 0 amide bonds. The van der Waals surface area contributed by atoms with E-state index >= 15 is 0 Å². The lowest BCUT2D eigenvalue weighted by molar-refractivity contribution is 0.299. The van der Waals surface area contributed by atoms with Crippen molar-refractivity contribution in [3.05, 3.63) is 24.3 Å². The Hall–Kier alpha value is -0.780. The van der Waals surface area contributed by atoms with Crippen molar-refractivity contribution in [3.63, 3.8) is 0 Å². The zero-order valence-corrected chi connectivity index (χ0v) is 12.2. The Balaban J connectivity index is 0.00000256. The van der Waals surface area contributed by atoms with Crippen molar-refractivity contribution < 1.29 is 5.11 Å². The van der Waals surface area contributed by atoms with E-state index in [-0.39, 0.29) is 23.6 Å². The third kappa shape index (κ3) is 5.39. The molecule has 17 heavy (non-hydrogen) atoms. The number of nitrogen functional groups attached to an aromatic ring is 1. The number of benzene rings is 1. The number of halogens is 1. The van der Waals surface area contributed by atoms with E-state index in [2.05, 4.69) is 9.80 Å². The molecule has 0 aliphatic carbocycles. The second-order valence-corrected chi connectivity index (χ2v) is 4.07. The van der Waals surface area contributed by atoms with Gasteiger partial charge in [-0.25, -0.2) is 0 Å². The molecule has 1 aromatic rings. The van der Waals surface area contributed by atoms with Gasteiger partial charge in [0.1, 0.15) is 0 Å². The Morgan fingerprint density at radius 3 is 2.29 bits per heavy atom. The van der Waals surface area contributed by atoms with Gasteiger partial charge in [-0.05, 0) is 26.2 Å². The van der Waals surface area contributed by atoms with Gasteiger partial charge in [0.2, 0.25) is 0 Å². The summed E-state index contributed by atoms with van der Waals surface area (Å²) in [6.45, 7) is 2.56. The number of anilines is 2. The summed E-state index contributed by atoms with van der Waals surface area (Å²) in [6.07, 6.45) is 0. The third-order valence-electron chi connectivity index (χ3n) is 2.46. The molecule has 1 aromatic carbocycles. The average molecular weight is 304 g/mol. The molecule has 0 atom stereocenters. The van der Waals surface area contributed by atoms with E-state index in [0.29, 0.717) is 6.54 Å². The average Bonchev–Trinajstić information content (AvgIpc) is 2.25. The first-order valence-corrected chi connectivity index (χ1v) is 5.50. The smallest absolute Gasteiger partial charge is 0.0606 e. The molecule has 1 rings (SSSR count). The molecule has 0 heterocycles. The van der Waals surface area contributed by atoms with E-state index in [0.717, 1.165) is 24.5 Å². The minimum atomic E-state index is 0.